The number of ether oxygens (including phenoxy) is 1. The Hall–Kier alpha value is -2.10. The Labute approximate surface area is 188 Å². The summed E-state index contributed by atoms with van der Waals surface area (Å²) in [5.41, 5.74) is 2.95. The summed E-state index contributed by atoms with van der Waals surface area (Å²) in [7, 11) is 1.75. The van der Waals surface area contributed by atoms with Crippen molar-refractivity contribution in [1.29, 1.82) is 0 Å². The lowest BCUT2D eigenvalue weighted by atomic mass is 9.98. The van der Waals surface area contributed by atoms with Crippen molar-refractivity contribution in [2.24, 2.45) is 10.9 Å². The van der Waals surface area contributed by atoms with Crippen LogP contribution in [0.15, 0.2) is 39.9 Å². The standard InChI is InChI=1S/C21H28N4O3.HI/c1-4-27-20(26)17-6-5-11-25(13-17)21(22-3)23-12-18-14-28-19(24-18)16-9-7-15(2)8-10-16;/h7-10,14,17H,4-6,11-13H2,1-3H3,(H,22,23);1H. The highest BCUT2D eigenvalue weighted by atomic mass is 127. The van der Waals surface area contributed by atoms with Gasteiger partial charge >= 0.3 is 5.97 Å². The Balaban J connectivity index is 0.00000300. The molecule has 0 spiro atoms. The number of aryl methyl sites for hydroxylation is 1. The van der Waals surface area contributed by atoms with Crippen LogP contribution in [0.5, 0.6) is 0 Å². The van der Waals surface area contributed by atoms with Crippen molar-refractivity contribution in [2.45, 2.75) is 33.2 Å². The smallest absolute Gasteiger partial charge is 0.310 e. The second-order valence-corrected chi connectivity index (χ2v) is 6.95. The van der Waals surface area contributed by atoms with Gasteiger partial charge < -0.3 is 19.4 Å². The van der Waals surface area contributed by atoms with Crippen LogP contribution in [0.1, 0.15) is 31.0 Å². The number of aliphatic imine (C=N–C) groups is 1. The Morgan fingerprint density at radius 1 is 1.38 bits per heavy atom. The van der Waals surface area contributed by atoms with E-state index in [-0.39, 0.29) is 35.9 Å². The number of oxazole rings is 1. The molecule has 2 aromatic rings. The van der Waals surface area contributed by atoms with Gasteiger partial charge in [-0.1, -0.05) is 17.7 Å². The van der Waals surface area contributed by atoms with E-state index >= 15 is 0 Å². The van der Waals surface area contributed by atoms with Crippen LogP contribution in [0.4, 0.5) is 0 Å². The summed E-state index contributed by atoms with van der Waals surface area (Å²) in [5, 5.41) is 3.32. The van der Waals surface area contributed by atoms with E-state index in [4.69, 9.17) is 9.15 Å². The molecular weight excluding hydrogens is 483 g/mol. The van der Waals surface area contributed by atoms with E-state index in [1.165, 1.54) is 5.56 Å². The van der Waals surface area contributed by atoms with Gasteiger partial charge in [-0.2, -0.15) is 0 Å². The fourth-order valence-electron chi connectivity index (χ4n) is 3.34. The molecule has 1 unspecified atom stereocenters. The first-order valence-corrected chi connectivity index (χ1v) is 9.74. The van der Waals surface area contributed by atoms with Crippen molar-refractivity contribution >= 4 is 35.9 Å². The van der Waals surface area contributed by atoms with E-state index in [1.807, 2.05) is 38.1 Å². The van der Waals surface area contributed by atoms with Crippen LogP contribution in [-0.4, -0.2) is 48.6 Å². The van der Waals surface area contributed by atoms with Crippen molar-refractivity contribution in [3.05, 3.63) is 41.8 Å². The maximum Gasteiger partial charge on any atom is 0.310 e. The van der Waals surface area contributed by atoms with Crippen molar-refractivity contribution in [1.82, 2.24) is 15.2 Å². The molecule has 0 saturated carbocycles. The van der Waals surface area contributed by atoms with Gasteiger partial charge in [0, 0.05) is 25.7 Å². The first kappa shape index (κ1) is 23.2. The minimum Gasteiger partial charge on any atom is -0.466 e. The van der Waals surface area contributed by atoms with E-state index in [0.29, 0.717) is 25.6 Å². The number of halogens is 1. The highest BCUT2D eigenvalue weighted by Crippen LogP contribution is 2.20. The number of guanidine groups is 1. The maximum absolute atomic E-state index is 12.1. The van der Waals surface area contributed by atoms with Crippen LogP contribution in [-0.2, 0) is 16.1 Å². The molecule has 1 N–H and O–H groups in total. The van der Waals surface area contributed by atoms with Gasteiger partial charge in [-0.3, -0.25) is 9.79 Å². The van der Waals surface area contributed by atoms with Gasteiger partial charge in [0.2, 0.25) is 5.89 Å². The van der Waals surface area contributed by atoms with Crippen molar-refractivity contribution in [3.63, 3.8) is 0 Å². The molecular formula is C21H29IN4O3. The fraction of sp³-hybridized carbons (Fsp3) is 0.476. The topological polar surface area (TPSA) is 80.0 Å². The number of carbonyl (C=O) groups is 1. The number of esters is 1. The Morgan fingerprint density at radius 2 is 2.14 bits per heavy atom. The number of nitrogens with one attached hydrogen (secondary N) is 1. The normalized spacial score (nSPS) is 16.9. The Morgan fingerprint density at radius 3 is 2.83 bits per heavy atom. The largest absolute Gasteiger partial charge is 0.466 e. The molecule has 1 saturated heterocycles. The van der Waals surface area contributed by atoms with E-state index in [2.05, 4.69) is 20.2 Å². The molecule has 29 heavy (non-hydrogen) atoms. The number of benzene rings is 1. The number of nitrogens with zero attached hydrogens (tertiary/aromatic N) is 3. The molecule has 8 heteroatoms. The van der Waals surface area contributed by atoms with Gasteiger partial charge in [0.1, 0.15) is 6.26 Å². The third kappa shape index (κ3) is 6.19. The summed E-state index contributed by atoms with van der Waals surface area (Å²) in [6, 6.07) is 8.08. The summed E-state index contributed by atoms with van der Waals surface area (Å²) in [5.74, 6) is 1.13. The van der Waals surface area contributed by atoms with E-state index in [0.717, 1.165) is 36.6 Å². The molecule has 1 aromatic heterocycles. The predicted molar refractivity (Wildman–Crippen MR) is 123 cm³/mol. The number of rotatable bonds is 5. The molecule has 0 bridgehead atoms. The molecule has 1 atom stereocenters. The van der Waals surface area contributed by atoms with Crippen LogP contribution >= 0.6 is 24.0 Å². The molecule has 0 radical (unpaired) electrons. The second kappa shape index (κ2) is 11.2. The average molecular weight is 512 g/mol. The third-order valence-corrected chi connectivity index (χ3v) is 4.83. The van der Waals surface area contributed by atoms with Gasteiger partial charge in [0.15, 0.2) is 5.96 Å². The number of likely N-dealkylation sites (tertiary alicyclic amines) is 1. The molecule has 7 nitrogen and oxygen atoms in total. The molecule has 0 amide bonds. The zero-order valence-electron chi connectivity index (χ0n) is 17.2. The number of hydrogen-bond donors (Lipinski definition) is 1. The van der Waals surface area contributed by atoms with Crippen LogP contribution in [0, 0.1) is 12.8 Å². The number of piperidine rings is 1. The van der Waals surface area contributed by atoms with Gasteiger partial charge in [-0.15, -0.1) is 24.0 Å². The zero-order chi connectivity index (χ0) is 19.9. The number of aromatic nitrogens is 1. The molecule has 0 aliphatic carbocycles. The summed E-state index contributed by atoms with van der Waals surface area (Å²) in [6.07, 6.45) is 3.45. The lowest BCUT2D eigenvalue weighted by Crippen LogP contribution is -2.48. The number of hydrogen-bond acceptors (Lipinski definition) is 5. The SMILES string of the molecule is CCOC(=O)C1CCCN(C(=NC)NCc2coc(-c3ccc(C)cc3)n2)C1.I. The lowest BCUT2D eigenvalue weighted by molar-refractivity contribution is -0.149. The van der Waals surface area contributed by atoms with E-state index in [1.54, 1.807) is 13.3 Å². The van der Waals surface area contributed by atoms with E-state index in [9.17, 15) is 4.79 Å². The van der Waals surface area contributed by atoms with Crippen molar-refractivity contribution in [2.75, 3.05) is 26.7 Å². The molecule has 1 aromatic carbocycles. The minimum atomic E-state index is -0.123. The van der Waals surface area contributed by atoms with Gasteiger partial charge in [-0.25, -0.2) is 4.98 Å². The summed E-state index contributed by atoms with van der Waals surface area (Å²) in [6.45, 7) is 6.28. The quantitative estimate of drug-likeness (QED) is 0.286. The van der Waals surface area contributed by atoms with Crippen molar-refractivity contribution < 1.29 is 13.9 Å². The molecule has 1 aliphatic heterocycles. The van der Waals surface area contributed by atoms with Crippen molar-refractivity contribution in [3.8, 4) is 11.5 Å². The molecule has 158 valence electrons. The van der Waals surface area contributed by atoms with Crippen LogP contribution in [0.3, 0.4) is 0 Å². The highest BCUT2D eigenvalue weighted by molar-refractivity contribution is 14.0. The van der Waals surface area contributed by atoms with Crippen LogP contribution < -0.4 is 5.32 Å². The van der Waals surface area contributed by atoms with Crippen LogP contribution in [0.25, 0.3) is 11.5 Å². The minimum absolute atomic E-state index is 0. The second-order valence-electron chi connectivity index (χ2n) is 6.95. The molecule has 1 fully saturated rings. The monoisotopic (exact) mass is 512 g/mol. The summed E-state index contributed by atoms with van der Waals surface area (Å²) in [4.78, 5) is 23.1. The van der Waals surface area contributed by atoms with Gasteiger partial charge in [0.05, 0.1) is 24.8 Å². The first-order chi connectivity index (χ1) is 13.6. The van der Waals surface area contributed by atoms with Gasteiger partial charge in [0.25, 0.3) is 0 Å². The van der Waals surface area contributed by atoms with Gasteiger partial charge in [-0.05, 0) is 38.8 Å². The maximum atomic E-state index is 12.1. The lowest BCUT2D eigenvalue weighted by Gasteiger charge is -2.33. The Bertz CT molecular complexity index is 820. The molecule has 3 rings (SSSR count). The molecule has 1 aliphatic rings. The fourth-order valence-corrected chi connectivity index (χ4v) is 3.34. The molecule has 2 heterocycles. The van der Waals surface area contributed by atoms with Crippen LogP contribution in [0.2, 0.25) is 0 Å². The zero-order valence-corrected chi connectivity index (χ0v) is 19.5. The highest BCUT2D eigenvalue weighted by Gasteiger charge is 2.28. The van der Waals surface area contributed by atoms with E-state index < -0.39 is 0 Å². The summed E-state index contributed by atoms with van der Waals surface area (Å²) < 4.78 is 10.8. The predicted octanol–water partition coefficient (Wildman–Crippen LogP) is 3.62. The first-order valence-electron chi connectivity index (χ1n) is 9.74. The number of carbonyl (C=O) groups excluding carboxylic acids is 1. The third-order valence-electron chi connectivity index (χ3n) is 4.83. The average Bonchev–Trinajstić information content (AvgIpc) is 3.18. The summed E-state index contributed by atoms with van der Waals surface area (Å²) >= 11 is 0. The Kier molecular flexibility index (Phi) is 8.94.